The van der Waals surface area contributed by atoms with Gasteiger partial charge in [0.05, 0.1) is 5.92 Å². The van der Waals surface area contributed by atoms with Crippen LogP contribution in [-0.4, -0.2) is 45.9 Å². The van der Waals surface area contributed by atoms with Crippen LogP contribution in [0.1, 0.15) is 46.1 Å². The summed E-state index contributed by atoms with van der Waals surface area (Å²) >= 11 is 0. The third-order valence-corrected chi connectivity index (χ3v) is 4.97. The van der Waals surface area contributed by atoms with Crippen LogP contribution in [0, 0.1) is 11.3 Å². The van der Waals surface area contributed by atoms with Gasteiger partial charge in [0.15, 0.2) is 0 Å². The number of hydroxylamine groups is 2. The van der Waals surface area contributed by atoms with Crippen molar-refractivity contribution < 1.29 is 29.9 Å². The molecule has 1 unspecified atom stereocenters. The molecule has 9 heteroatoms. The second kappa shape index (κ2) is 13.5. The number of nitrogens with one attached hydrogen (secondary N) is 3. The number of hydrogen-bond acceptors (Lipinski definition) is 6. The first kappa shape index (κ1) is 28.0. The first-order valence-corrected chi connectivity index (χ1v) is 10.8. The van der Waals surface area contributed by atoms with Gasteiger partial charge in [0.2, 0.25) is 11.8 Å². The van der Waals surface area contributed by atoms with E-state index in [1.54, 1.807) is 31.7 Å². The van der Waals surface area contributed by atoms with Gasteiger partial charge in [-0.05, 0) is 34.6 Å². The summed E-state index contributed by atoms with van der Waals surface area (Å²) in [5.74, 6) is -2.79. The summed E-state index contributed by atoms with van der Waals surface area (Å²) in [6.45, 7) is 7.48. The summed E-state index contributed by atoms with van der Waals surface area (Å²) in [5.41, 5.74) is 3.28. The zero-order valence-electron chi connectivity index (χ0n) is 19.6. The van der Waals surface area contributed by atoms with Gasteiger partial charge in [0.1, 0.15) is 6.04 Å². The van der Waals surface area contributed by atoms with Gasteiger partial charge >= 0.3 is 0 Å². The molecule has 0 aliphatic heterocycles. The van der Waals surface area contributed by atoms with E-state index < -0.39 is 35.1 Å². The largest absolute Gasteiger partial charge is 0.396 e. The van der Waals surface area contributed by atoms with E-state index in [2.05, 4.69) is 5.32 Å². The molecule has 0 saturated heterocycles. The molecule has 2 aromatic carbocycles. The zero-order valence-corrected chi connectivity index (χ0v) is 19.6. The van der Waals surface area contributed by atoms with Crippen LogP contribution in [-0.2, 0) is 20.8 Å². The Hall–Kier alpha value is -3.01. The number of aliphatic hydroxyl groups is 1. The van der Waals surface area contributed by atoms with Crippen LogP contribution in [0.25, 0.3) is 10.8 Å². The number of rotatable bonds is 8. The van der Waals surface area contributed by atoms with Crippen LogP contribution in [0.4, 0.5) is 0 Å². The van der Waals surface area contributed by atoms with Gasteiger partial charge in [-0.2, -0.15) is 0 Å². The van der Waals surface area contributed by atoms with Crippen molar-refractivity contribution in [1.29, 1.82) is 0 Å². The van der Waals surface area contributed by atoms with Gasteiger partial charge in [-0.15, -0.1) is 0 Å². The predicted molar refractivity (Wildman–Crippen MR) is 124 cm³/mol. The molecule has 0 bridgehead atoms. The van der Waals surface area contributed by atoms with Crippen molar-refractivity contribution in [2.24, 2.45) is 11.3 Å². The number of carbonyl (C=O) groups is 3. The summed E-state index contributed by atoms with van der Waals surface area (Å²) in [6.07, 6.45) is 0.856. The second-order valence-corrected chi connectivity index (χ2v) is 8.83. The predicted octanol–water partition coefficient (Wildman–Crippen LogP) is 2.32. The summed E-state index contributed by atoms with van der Waals surface area (Å²) in [6, 6.07) is 12.5. The van der Waals surface area contributed by atoms with Crippen LogP contribution >= 0.6 is 0 Å². The van der Waals surface area contributed by atoms with E-state index in [-0.39, 0.29) is 12.8 Å². The maximum absolute atomic E-state index is 12.9. The molecule has 182 valence electrons. The van der Waals surface area contributed by atoms with Crippen molar-refractivity contribution in [1.82, 2.24) is 16.3 Å². The number of hydrogen-bond donors (Lipinski definition) is 6. The fourth-order valence-corrected chi connectivity index (χ4v) is 3.18. The Morgan fingerprint density at radius 3 is 2.06 bits per heavy atom. The zero-order chi connectivity index (χ0) is 25.0. The van der Waals surface area contributed by atoms with Crippen LogP contribution in [0.3, 0.4) is 0 Å². The average molecular weight is 462 g/mol. The molecule has 2 atom stereocenters. The molecule has 0 aliphatic rings. The monoisotopic (exact) mass is 461 g/mol. The number of benzene rings is 2. The highest BCUT2D eigenvalue weighted by Gasteiger charge is 2.35. The molecule has 33 heavy (non-hydrogen) atoms. The minimum absolute atomic E-state index is 0.238. The van der Waals surface area contributed by atoms with E-state index in [1.165, 1.54) is 0 Å². The highest BCUT2D eigenvalue weighted by Crippen LogP contribution is 2.22. The van der Waals surface area contributed by atoms with E-state index in [9.17, 15) is 14.4 Å². The molecule has 0 aromatic heterocycles. The minimum atomic E-state index is -1.00. The van der Waals surface area contributed by atoms with Gasteiger partial charge in [0.25, 0.3) is 5.91 Å². The van der Waals surface area contributed by atoms with Crippen molar-refractivity contribution in [3.63, 3.8) is 0 Å². The normalized spacial score (nSPS) is 12.7. The van der Waals surface area contributed by atoms with E-state index in [0.29, 0.717) is 6.61 Å². The maximum Gasteiger partial charge on any atom is 0.266 e. The van der Waals surface area contributed by atoms with Crippen molar-refractivity contribution in [3.05, 3.63) is 48.0 Å². The lowest BCUT2D eigenvalue weighted by Crippen LogP contribution is -2.54. The van der Waals surface area contributed by atoms with E-state index in [0.717, 1.165) is 22.8 Å². The summed E-state index contributed by atoms with van der Waals surface area (Å²) < 4.78 is 0. The molecule has 0 fully saturated rings. The van der Waals surface area contributed by atoms with Gasteiger partial charge < -0.3 is 10.4 Å². The average Bonchev–Trinajstić information content (AvgIpc) is 2.80. The lowest BCUT2D eigenvalue weighted by molar-refractivity contribution is -0.140. The molecule has 2 aromatic rings. The smallest absolute Gasteiger partial charge is 0.266 e. The quantitative estimate of drug-likeness (QED) is 0.263. The van der Waals surface area contributed by atoms with Crippen LogP contribution in [0.2, 0.25) is 0 Å². The summed E-state index contributed by atoms with van der Waals surface area (Å²) in [5, 5.41) is 30.4. The third-order valence-electron chi connectivity index (χ3n) is 4.97. The molecule has 2 rings (SSSR count). The maximum atomic E-state index is 12.9. The standard InChI is InChI=1S/C21H27N3O5.C3H8O/c1-21(2,3)18(20(27)24-29)22-19(26)16(12-17(25)23-28)11-13-8-9-14-6-4-5-7-15(14)10-13;1-2-3-4/h4-10,16,18,28-29H,11-12H2,1-3H3,(H,22,26)(H,23,25)(H,24,27);4H,2-3H2,1H3/t16?,18-;/m1./s1. The molecule has 0 radical (unpaired) electrons. The molecule has 0 heterocycles. The van der Waals surface area contributed by atoms with E-state index in [4.69, 9.17) is 15.5 Å². The van der Waals surface area contributed by atoms with Crippen LogP contribution in [0.5, 0.6) is 0 Å². The number of amides is 3. The Morgan fingerprint density at radius 2 is 1.55 bits per heavy atom. The van der Waals surface area contributed by atoms with Gasteiger partial charge in [-0.3, -0.25) is 24.8 Å². The first-order valence-electron chi connectivity index (χ1n) is 10.8. The molecule has 0 aliphatic carbocycles. The Kier molecular flexibility index (Phi) is 11.5. The Morgan fingerprint density at radius 1 is 0.939 bits per heavy atom. The van der Waals surface area contributed by atoms with E-state index in [1.807, 2.05) is 49.4 Å². The topological polar surface area (TPSA) is 148 Å². The molecule has 0 saturated carbocycles. The SMILES string of the molecule is CC(C)(C)[C@H](NC(=O)C(CC(=O)NO)Cc1ccc2ccccc2c1)C(=O)NO.CCCO. The Labute approximate surface area is 194 Å². The fraction of sp³-hybridized carbons (Fsp3) is 0.458. The molecule has 9 nitrogen and oxygen atoms in total. The number of fused-ring (bicyclic) bond motifs is 1. The number of aliphatic hydroxyl groups excluding tert-OH is 1. The molecular formula is C24H35N3O6. The van der Waals surface area contributed by atoms with Crippen LogP contribution < -0.4 is 16.3 Å². The lowest BCUT2D eigenvalue weighted by atomic mass is 9.85. The number of carbonyl (C=O) groups excluding carboxylic acids is 3. The molecular weight excluding hydrogens is 426 g/mol. The van der Waals surface area contributed by atoms with Crippen LogP contribution in [0.15, 0.2) is 42.5 Å². The highest BCUT2D eigenvalue weighted by atomic mass is 16.5. The van der Waals surface area contributed by atoms with Crippen molar-refractivity contribution >= 4 is 28.5 Å². The first-order chi connectivity index (χ1) is 15.6. The minimum Gasteiger partial charge on any atom is -0.396 e. The van der Waals surface area contributed by atoms with Crippen molar-refractivity contribution in [2.45, 2.75) is 53.0 Å². The van der Waals surface area contributed by atoms with Crippen molar-refractivity contribution in [2.75, 3.05) is 6.61 Å². The Balaban J connectivity index is 0.00000125. The second-order valence-electron chi connectivity index (χ2n) is 8.83. The van der Waals surface area contributed by atoms with E-state index >= 15 is 0 Å². The fourth-order valence-electron chi connectivity index (χ4n) is 3.18. The molecule has 0 spiro atoms. The summed E-state index contributed by atoms with van der Waals surface area (Å²) in [4.78, 5) is 36.7. The van der Waals surface area contributed by atoms with Crippen molar-refractivity contribution in [3.8, 4) is 0 Å². The van der Waals surface area contributed by atoms with Gasteiger partial charge in [0, 0.05) is 13.0 Å². The Bertz CT molecular complexity index is 924. The molecule has 6 N–H and O–H groups in total. The highest BCUT2D eigenvalue weighted by molar-refractivity contribution is 5.91. The molecule has 3 amide bonds. The van der Waals surface area contributed by atoms with Gasteiger partial charge in [-0.25, -0.2) is 11.0 Å². The van der Waals surface area contributed by atoms with Gasteiger partial charge in [-0.1, -0.05) is 70.2 Å². The lowest BCUT2D eigenvalue weighted by Gasteiger charge is -2.30. The summed E-state index contributed by atoms with van der Waals surface area (Å²) in [7, 11) is 0. The third kappa shape index (κ3) is 9.17.